The molecular weight excluding hydrogens is 254 g/mol. The van der Waals surface area contributed by atoms with Crippen LogP contribution in [0.3, 0.4) is 0 Å². The van der Waals surface area contributed by atoms with Gasteiger partial charge in [-0.05, 0) is 18.9 Å². The van der Waals surface area contributed by atoms with Crippen LogP contribution >= 0.6 is 0 Å². The van der Waals surface area contributed by atoms with E-state index in [1.165, 1.54) is 16.8 Å². The Morgan fingerprint density at radius 1 is 1.44 bits per heavy atom. The lowest BCUT2D eigenvalue weighted by Crippen LogP contribution is -2.32. The van der Waals surface area contributed by atoms with Gasteiger partial charge in [0.1, 0.15) is 10.6 Å². The third kappa shape index (κ3) is 2.56. The zero-order valence-corrected chi connectivity index (χ0v) is 11.0. The van der Waals surface area contributed by atoms with Crippen molar-refractivity contribution in [2.45, 2.75) is 36.6 Å². The van der Waals surface area contributed by atoms with Gasteiger partial charge in [0.2, 0.25) is 10.0 Å². The summed E-state index contributed by atoms with van der Waals surface area (Å²) in [5.74, 6) is -0.639. The van der Waals surface area contributed by atoms with E-state index in [9.17, 15) is 13.2 Å². The second-order valence-electron chi connectivity index (χ2n) is 4.64. The number of nitrogens with two attached hydrogens (primary N) is 1. The molecule has 0 aliphatic heterocycles. The summed E-state index contributed by atoms with van der Waals surface area (Å²) >= 11 is 0. The Morgan fingerprint density at radius 3 is 2.56 bits per heavy atom. The Balaban J connectivity index is 2.24. The zero-order chi connectivity index (χ0) is 13.3. The maximum absolute atomic E-state index is 12.1. The fraction of sp³-hybridized carbons (Fsp3) is 0.545. The van der Waals surface area contributed by atoms with Crippen molar-refractivity contribution in [3.8, 4) is 0 Å². The van der Waals surface area contributed by atoms with E-state index >= 15 is 0 Å². The van der Waals surface area contributed by atoms with Crippen LogP contribution in [-0.2, 0) is 17.1 Å². The molecule has 0 aromatic carbocycles. The number of hydrogen-bond acceptors (Lipinski definition) is 3. The summed E-state index contributed by atoms with van der Waals surface area (Å²) in [7, 11) is -1.97. The Kier molecular flexibility index (Phi) is 3.45. The first-order valence-electron chi connectivity index (χ1n) is 5.88. The monoisotopic (exact) mass is 271 g/mol. The average Bonchev–Trinajstić information content (AvgIpc) is 2.86. The number of nitrogens with one attached hydrogen (secondary N) is 1. The van der Waals surface area contributed by atoms with Crippen molar-refractivity contribution >= 4 is 15.9 Å². The zero-order valence-electron chi connectivity index (χ0n) is 10.2. The minimum atomic E-state index is -3.56. The molecule has 1 saturated carbocycles. The van der Waals surface area contributed by atoms with Crippen LogP contribution in [0.5, 0.6) is 0 Å². The van der Waals surface area contributed by atoms with Gasteiger partial charge in [0.15, 0.2) is 0 Å². The summed E-state index contributed by atoms with van der Waals surface area (Å²) in [6.07, 6.45) is 5.24. The molecule has 3 N–H and O–H groups in total. The molecule has 1 amide bonds. The van der Waals surface area contributed by atoms with Crippen molar-refractivity contribution < 1.29 is 13.2 Å². The quantitative estimate of drug-likeness (QED) is 0.827. The molecule has 7 heteroatoms. The first-order chi connectivity index (χ1) is 8.40. The van der Waals surface area contributed by atoms with Gasteiger partial charge in [-0.3, -0.25) is 4.79 Å². The van der Waals surface area contributed by atoms with E-state index in [1.807, 2.05) is 0 Å². The van der Waals surface area contributed by atoms with E-state index < -0.39 is 15.9 Å². The molecule has 1 aliphatic rings. The highest BCUT2D eigenvalue weighted by Crippen LogP contribution is 2.21. The predicted molar refractivity (Wildman–Crippen MR) is 66.5 cm³/mol. The minimum absolute atomic E-state index is 0.00670. The van der Waals surface area contributed by atoms with Crippen LogP contribution in [0, 0.1) is 0 Å². The predicted octanol–water partition coefficient (Wildman–Crippen LogP) is 0.345. The molecule has 2 rings (SSSR count). The van der Waals surface area contributed by atoms with Gasteiger partial charge in [-0.25, -0.2) is 13.1 Å². The van der Waals surface area contributed by atoms with Crippen LogP contribution in [0.2, 0.25) is 0 Å². The lowest BCUT2D eigenvalue weighted by molar-refractivity contribution is 0.0992. The lowest BCUT2D eigenvalue weighted by atomic mass is 10.3. The number of primary amides is 1. The fourth-order valence-corrected chi connectivity index (χ4v) is 3.63. The number of aryl methyl sites for hydroxylation is 1. The first-order valence-corrected chi connectivity index (χ1v) is 7.37. The van der Waals surface area contributed by atoms with Crippen molar-refractivity contribution in [1.29, 1.82) is 0 Å². The van der Waals surface area contributed by atoms with Crippen molar-refractivity contribution in [2.75, 3.05) is 0 Å². The molecule has 0 atom stereocenters. The molecule has 6 nitrogen and oxygen atoms in total. The number of nitrogens with zero attached hydrogens (tertiary/aromatic N) is 1. The number of carbonyl (C=O) groups is 1. The van der Waals surface area contributed by atoms with Crippen molar-refractivity contribution in [3.05, 3.63) is 18.0 Å². The van der Waals surface area contributed by atoms with Crippen LogP contribution in [-0.4, -0.2) is 24.9 Å². The van der Waals surface area contributed by atoms with Crippen molar-refractivity contribution in [2.24, 2.45) is 12.8 Å². The maximum Gasteiger partial charge on any atom is 0.265 e. The lowest BCUT2D eigenvalue weighted by Gasteiger charge is -2.10. The average molecular weight is 271 g/mol. The molecule has 0 spiro atoms. The molecule has 0 unspecified atom stereocenters. The van der Waals surface area contributed by atoms with Gasteiger partial charge in [0.25, 0.3) is 5.91 Å². The van der Waals surface area contributed by atoms with Gasteiger partial charge < -0.3 is 10.3 Å². The van der Waals surface area contributed by atoms with Crippen LogP contribution in [0.4, 0.5) is 0 Å². The molecule has 1 heterocycles. The number of aromatic nitrogens is 1. The molecule has 100 valence electrons. The van der Waals surface area contributed by atoms with E-state index in [-0.39, 0.29) is 16.6 Å². The van der Waals surface area contributed by atoms with Crippen molar-refractivity contribution in [1.82, 2.24) is 9.29 Å². The highest BCUT2D eigenvalue weighted by molar-refractivity contribution is 7.89. The highest BCUT2D eigenvalue weighted by atomic mass is 32.2. The third-order valence-electron chi connectivity index (χ3n) is 3.22. The Bertz CT molecular complexity index is 556. The number of hydrogen-bond donors (Lipinski definition) is 2. The van der Waals surface area contributed by atoms with Crippen LogP contribution < -0.4 is 10.5 Å². The minimum Gasteiger partial charge on any atom is -0.364 e. The summed E-state index contributed by atoms with van der Waals surface area (Å²) in [6.45, 7) is 0. The standard InChI is InChI=1S/C11H17N3O3S/c1-14-7-9(6-10(14)11(12)15)18(16,17)13-8-4-2-3-5-8/h6-8,13H,2-5H2,1H3,(H2,12,15). The van der Waals surface area contributed by atoms with Gasteiger partial charge in [-0.15, -0.1) is 0 Å². The smallest absolute Gasteiger partial charge is 0.265 e. The highest BCUT2D eigenvalue weighted by Gasteiger charge is 2.24. The Hall–Kier alpha value is -1.34. The molecule has 0 bridgehead atoms. The van der Waals surface area contributed by atoms with Gasteiger partial charge >= 0.3 is 0 Å². The molecule has 0 saturated heterocycles. The molecule has 1 fully saturated rings. The van der Waals surface area contributed by atoms with E-state index in [2.05, 4.69) is 4.72 Å². The topological polar surface area (TPSA) is 94.2 Å². The van der Waals surface area contributed by atoms with Gasteiger partial charge in [0, 0.05) is 19.3 Å². The third-order valence-corrected chi connectivity index (χ3v) is 4.71. The van der Waals surface area contributed by atoms with Gasteiger partial charge in [-0.1, -0.05) is 12.8 Å². The first kappa shape index (κ1) is 13.1. The molecule has 1 aromatic heterocycles. The van der Waals surface area contributed by atoms with E-state index in [4.69, 9.17) is 5.73 Å². The Labute approximate surface area is 106 Å². The van der Waals surface area contributed by atoms with E-state index in [0.29, 0.717) is 0 Å². The summed E-state index contributed by atoms with van der Waals surface area (Å²) in [6, 6.07) is 1.31. The second kappa shape index (κ2) is 4.74. The normalized spacial score (nSPS) is 17.2. The van der Waals surface area contributed by atoms with Crippen LogP contribution in [0.15, 0.2) is 17.2 Å². The maximum atomic E-state index is 12.1. The molecule has 1 aromatic rings. The molecular formula is C11H17N3O3S. The number of amides is 1. The summed E-state index contributed by atoms with van der Waals surface area (Å²) in [4.78, 5) is 11.2. The number of sulfonamides is 1. The molecule has 18 heavy (non-hydrogen) atoms. The SMILES string of the molecule is Cn1cc(S(=O)(=O)NC2CCCC2)cc1C(N)=O. The molecule has 0 radical (unpaired) electrons. The largest absolute Gasteiger partial charge is 0.364 e. The van der Waals surface area contributed by atoms with Crippen molar-refractivity contribution in [3.63, 3.8) is 0 Å². The summed E-state index contributed by atoms with van der Waals surface area (Å²) < 4.78 is 28.3. The summed E-state index contributed by atoms with van der Waals surface area (Å²) in [5, 5.41) is 0. The van der Waals surface area contributed by atoms with Crippen LogP contribution in [0.1, 0.15) is 36.2 Å². The van der Waals surface area contributed by atoms with Crippen LogP contribution in [0.25, 0.3) is 0 Å². The van der Waals surface area contributed by atoms with Gasteiger partial charge in [0.05, 0.1) is 0 Å². The fourth-order valence-electron chi connectivity index (χ4n) is 2.26. The van der Waals surface area contributed by atoms with Gasteiger partial charge in [-0.2, -0.15) is 0 Å². The molecule has 1 aliphatic carbocycles. The second-order valence-corrected chi connectivity index (χ2v) is 6.35. The number of carbonyl (C=O) groups excluding carboxylic acids is 1. The Morgan fingerprint density at radius 2 is 2.06 bits per heavy atom. The van der Waals surface area contributed by atoms with E-state index in [1.54, 1.807) is 7.05 Å². The number of rotatable bonds is 4. The summed E-state index contributed by atoms with van der Waals surface area (Å²) in [5.41, 5.74) is 5.34. The van der Waals surface area contributed by atoms with E-state index in [0.717, 1.165) is 25.7 Å².